The Hall–Kier alpha value is -1.74. The van der Waals surface area contributed by atoms with Crippen molar-refractivity contribution in [2.24, 2.45) is 0 Å². The van der Waals surface area contributed by atoms with E-state index in [-0.39, 0.29) is 0 Å². The van der Waals surface area contributed by atoms with E-state index >= 15 is 0 Å². The fourth-order valence-corrected chi connectivity index (χ4v) is 1.45. The standard InChI is InChI=1S/C13H13ClO3/c1-2-3-9-17-13-10(7-8-12(15)16)5-4-6-11(13)14/h2,4-8H,1,3,9H2,(H,15,16)/b8-7+. The van der Waals surface area contributed by atoms with Crippen molar-refractivity contribution in [3.63, 3.8) is 0 Å². The van der Waals surface area contributed by atoms with Gasteiger partial charge in [-0.3, -0.25) is 0 Å². The number of halogens is 1. The van der Waals surface area contributed by atoms with E-state index in [0.29, 0.717) is 29.4 Å². The molecule has 4 heteroatoms. The highest BCUT2D eigenvalue weighted by atomic mass is 35.5. The van der Waals surface area contributed by atoms with Crippen LogP contribution >= 0.6 is 11.6 Å². The molecule has 0 saturated heterocycles. The minimum Gasteiger partial charge on any atom is -0.491 e. The number of hydrogen-bond acceptors (Lipinski definition) is 2. The second-order valence-electron chi connectivity index (χ2n) is 3.26. The zero-order valence-electron chi connectivity index (χ0n) is 9.23. The van der Waals surface area contributed by atoms with Gasteiger partial charge < -0.3 is 9.84 Å². The van der Waals surface area contributed by atoms with Crippen LogP contribution in [0, 0.1) is 0 Å². The molecule has 0 atom stereocenters. The van der Waals surface area contributed by atoms with Gasteiger partial charge in [-0.15, -0.1) is 6.58 Å². The van der Waals surface area contributed by atoms with E-state index < -0.39 is 5.97 Å². The van der Waals surface area contributed by atoms with Crippen molar-refractivity contribution in [2.75, 3.05) is 6.61 Å². The number of rotatable bonds is 6. The van der Waals surface area contributed by atoms with Crippen LogP contribution < -0.4 is 4.74 Å². The van der Waals surface area contributed by atoms with E-state index in [1.807, 2.05) is 0 Å². The first-order valence-electron chi connectivity index (χ1n) is 5.08. The van der Waals surface area contributed by atoms with Gasteiger partial charge in [-0.1, -0.05) is 29.8 Å². The summed E-state index contributed by atoms with van der Waals surface area (Å²) in [6, 6.07) is 5.18. The summed E-state index contributed by atoms with van der Waals surface area (Å²) in [5.41, 5.74) is 0.643. The Kier molecular flexibility index (Phi) is 5.30. The molecule has 0 fully saturated rings. The van der Waals surface area contributed by atoms with E-state index in [9.17, 15) is 4.79 Å². The minimum absolute atomic E-state index is 0.459. The van der Waals surface area contributed by atoms with Crippen LogP contribution in [0.5, 0.6) is 5.75 Å². The van der Waals surface area contributed by atoms with Gasteiger partial charge >= 0.3 is 5.97 Å². The highest BCUT2D eigenvalue weighted by Crippen LogP contribution is 2.29. The average Bonchev–Trinajstić information content (AvgIpc) is 2.29. The Morgan fingerprint density at radius 3 is 2.94 bits per heavy atom. The summed E-state index contributed by atoms with van der Waals surface area (Å²) in [6.07, 6.45) is 4.94. The molecule has 3 nitrogen and oxygen atoms in total. The number of aliphatic carboxylic acids is 1. The van der Waals surface area contributed by atoms with Crippen LogP contribution in [0.1, 0.15) is 12.0 Å². The van der Waals surface area contributed by atoms with Gasteiger partial charge in [0.2, 0.25) is 0 Å². The highest BCUT2D eigenvalue weighted by molar-refractivity contribution is 6.32. The second-order valence-corrected chi connectivity index (χ2v) is 3.66. The monoisotopic (exact) mass is 252 g/mol. The third kappa shape index (κ3) is 4.33. The Bertz CT molecular complexity index is 438. The molecule has 1 rings (SSSR count). The van der Waals surface area contributed by atoms with Crippen molar-refractivity contribution in [3.8, 4) is 5.75 Å². The molecular weight excluding hydrogens is 240 g/mol. The molecule has 0 saturated carbocycles. The summed E-state index contributed by atoms with van der Waals surface area (Å²) in [4.78, 5) is 10.5. The van der Waals surface area contributed by atoms with E-state index in [1.54, 1.807) is 24.3 Å². The molecule has 1 N–H and O–H groups in total. The van der Waals surface area contributed by atoms with Crippen LogP contribution in [0.25, 0.3) is 6.08 Å². The van der Waals surface area contributed by atoms with Crippen molar-refractivity contribution in [3.05, 3.63) is 47.5 Å². The first-order chi connectivity index (χ1) is 8.15. The molecule has 0 heterocycles. The first kappa shape index (κ1) is 13.3. The molecule has 17 heavy (non-hydrogen) atoms. The number of ether oxygens (including phenoxy) is 1. The molecular formula is C13H13ClO3. The van der Waals surface area contributed by atoms with Crippen molar-refractivity contribution >= 4 is 23.6 Å². The van der Waals surface area contributed by atoms with Crippen molar-refractivity contribution in [1.82, 2.24) is 0 Å². The first-order valence-corrected chi connectivity index (χ1v) is 5.46. The summed E-state index contributed by atoms with van der Waals surface area (Å²) in [5, 5.41) is 9.04. The Labute approximate surface area is 105 Å². The Balaban J connectivity index is 2.91. The summed E-state index contributed by atoms with van der Waals surface area (Å²) in [5.74, 6) is -0.518. The number of carbonyl (C=O) groups is 1. The molecule has 0 bridgehead atoms. The minimum atomic E-state index is -1.01. The predicted octanol–water partition coefficient (Wildman–Crippen LogP) is 3.39. The van der Waals surface area contributed by atoms with Crippen LogP contribution in [-0.2, 0) is 4.79 Å². The zero-order chi connectivity index (χ0) is 12.7. The molecule has 0 aromatic heterocycles. The van der Waals surface area contributed by atoms with Gasteiger partial charge in [0.25, 0.3) is 0 Å². The number of benzene rings is 1. The maximum atomic E-state index is 10.5. The zero-order valence-corrected chi connectivity index (χ0v) is 9.98. The summed E-state index contributed by atoms with van der Waals surface area (Å²) >= 11 is 5.99. The van der Waals surface area contributed by atoms with Crippen LogP contribution in [0.15, 0.2) is 36.9 Å². The van der Waals surface area contributed by atoms with Gasteiger partial charge in [-0.25, -0.2) is 4.79 Å². The van der Waals surface area contributed by atoms with Crippen molar-refractivity contribution in [2.45, 2.75) is 6.42 Å². The maximum Gasteiger partial charge on any atom is 0.328 e. The number of hydrogen-bond donors (Lipinski definition) is 1. The SMILES string of the molecule is C=CCCOc1c(Cl)cccc1/C=C/C(=O)O. The Morgan fingerprint density at radius 2 is 2.29 bits per heavy atom. The fourth-order valence-electron chi connectivity index (χ4n) is 1.21. The third-order valence-corrected chi connectivity index (χ3v) is 2.27. The molecule has 0 amide bonds. The number of carboxylic acid groups (broad SMARTS) is 1. The second kappa shape index (κ2) is 6.76. The molecule has 1 aromatic rings. The van der Waals surface area contributed by atoms with Gasteiger partial charge in [0.1, 0.15) is 5.75 Å². The lowest BCUT2D eigenvalue weighted by molar-refractivity contribution is -0.131. The van der Waals surface area contributed by atoms with Gasteiger partial charge in [0.15, 0.2) is 0 Å². The smallest absolute Gasteiger partial charge is 0.328 e. The lowest BCUT2D eigenvalue weighted by Crippen LogP contribution is -1.98. The molecule has 1 aromatic carbocycles. The molecule has 0 aliphatic rings. The predicted molar refractivity (Wildman–Crippen MR) is 68.4 cm³/mol. The Morgan fingerprint density at radius 1 is 1.53 bits per heavy atom. The average molecular weight is 253 g/mol. The quantitative estimate of drug-likeness (QED) is 0.480. The van der Waals surface area contributed by atoms with E-state index in [4.69, 9.17) is 21.4 Å². The van der Waals surface area contributed by atoms with Gasteiger partial charge in [-0.2, -0.15) is 0 Å². The highest BCUT2D eigenvalue weighted by Gasteiger charge is 2.06. The molecule has 0 radical (unpaired) electrons. The fraction of sp³-hybridized carbons (Fsp3) is 0.154. The summed E-state index contributed by atoms with van der Waals surface area (Å²) in [6.45, 7) is 4.05. The van der Waals surface area contributed by atoms with E-state index in [0.717, 1.165) is 6.08 Å². The van der Waals surface area contributed by atoms with E-state index in [1.165, 1.54) is 6.08 Å². The lowest BCUT2D eigenvalue weighted by Gasteiger charge is -2.09. The van der Waals surface area contributed by atoms with Crippen LogP contribution in [0.4, 0.5) is 0 Å². The summed E-state index contributed by atoms with van der Waals surface area (Å²) in [7, 11) is 0. The molecule has 90 valence electrons. The van der Waals surface area contributed by atoms with Crippen LogP contribution in [0.2, 0.25) is 5.02 Å². The normalized spacial score (nSPS) is 10.4. The van der Waals surface area contributed by atoms with Gasteiger partial charge in [0.05, 0.1) is 11.6 Å². The number of carboxylic acids is 1. The number of para-hydroxylation sites is 1. The third-order valence-electron chi connectivity index (χ3n) is 1.97. The van der Waals surface area contributed by atoms with E-state index in [2.05, 4.69) is 6.58 Å². The van der Waals surface area contributed by atoms with Crippen molar-refractivity contribution in [1.29, 1.82) is 0 Å². The topological polar surface area (TPSA) is 46.5 Å². The van der Waals surface area contributed by atoms with Gasteiger partial charge in [0, 0.05) is 11.6 Å². The largest absolute Gasteiger partial charge is 0.491 e. The molecule has 0 unspecified atom stereocenters. The summed E-state index contributed by atoms with van der Waals surface area (Å²) < 4.78 is 5.49. The maximum absolute atomic E-state index is 10.5. The van der Waals surface area contributed by atoms with Crippen LogP contribution in [-0.4, -0.2) is 17.7 Å². The van der Waals surface area contributed by atoms with Crippen LogP contribution in [0.3, 0.4) is 0 Å². The molecule has 0 spiro atoms. The van der Waals surface area contributed by atoms with Gasteiger partial charge in [-0.05, 0) is 18.6 Å². The molecule has 0 aliphatic carbocycles. The lowest BCUT2D eigenvalue weighted by atomic mass is 10.2. The van der Waals surface area contributed by atoms with Crippen molar-refractivity contribution < 1.29 is 14.6 Å². The molecule has 0 aliphatic heterocycles.